The monoisotopic (exact) mass is 311 g/mol. The van der Waals surface area contributed by atoms with Crippen LogP contribution in [0.3, 0.4) is 0 Å². The molecule has 0 spiro atoms. The Morgan fingerprint density at radius 1 is 1.24 bits per heavy atom. The lowest BCUT2D eigenvalue weighted by Crippen LogP contribution is -2.09. The highest BCUT2D eigenvalue weighted by Gasteiger charge is 2.36. The van der Waals surface area contributed by atoms with E-state index in [1.807, 2.05) is 6.92 Å². The van der Waals surface area contributed by atoms with Crippen molar-refractivity contribution in [3.8, 4) is 0 Å². The van der Waals surface area contributed by atoms with Gasteiger partial charge in [-0.1, -0.05) is 23.8 Å². The molecular weight excluding hydrogens is 299 g/mol. The zero-order valence-corrected chi connectivity index (χ0v) is 12.0. The molecule has 2 aliphatic rings. The number of allylic oxidation sites excluding steroid dienone is 3. The first kappa shape index (κ1) is 14.3. The molecule has 1 aromatic carbocycles. The topological polar surface area (TPSA) is 29.1 Å². The minimum absolute atomic E-state index is 0.0127. The maximum absolute atomic E-state index is 13.1. The molecule has 110 valence electrons. The maximum atomic E-state index is 13.1. The van der Waals surface area contributed by atoms with Crippen LogP contribution < -0.4 is 4.72 Å². The van der Waals surface area contributed by atoms with Crippen molar-refractivity contribution in [2.24, 2.45) is 0 Å². The number of halogens is 3. The Hall–Kier alpha value is -1.69. The van der Waals surface area contributed by atoms with E-state index in [9.17, 15) is 18.0 Å². The highest BCUT2D eigenvalue weighted by atomic mass is 32.2. The number of carbonyl (C=O) groups is 1. The van der Waals surface area contributed by atoms with E-state index in [4.69, 9.17) is 0 Å². The molecule has 6 heteroatoms. The number of benzene rings is 1. The summed E-state index contributed by atoms with van der Waals surface area (Å²) in [4.78, 5) is 12.1. The average Bonchev–Trinajstić information content (AvgIpc) is 2.56. The number of anilines is 1. The predicted octanol–water partition coefficient (Wildman–Crippen LogP) is 4.80. The van der Waals surface area contributed by atoms with Crippen LogP contribution >= 0.6 is 11.9 Å². The molecule has 0 saturated heterocycles. The number of nitrogens with one attached hydrogen (secondary N) is 1. The first-order chi connectivity index (χ1) is 9.88. The van der Waals surface area contributed by atoms with E-state index in [0.29, 0.717) is 35.1 Å². The van der Waals surface area contributed by atoms with Gasteiger partial charge in [0.25, 0.3) is 0 Å². The van der Waals surface area contributed by atoms with Gasteiger partial charge in [0.15, 0.2) is 0 Å². The lowest BCUT2D eigenvalue weighted by molar-refractivity contribution is -0.136. The largest absolute Gasteiger partial charge is 0.418 e. The summed E-state index contributed by atoms with van der Waals surface area (Å²) < 4.78 is 42.0. The van der Waals surface area contributed by atoms with Crippen LogP contribution in [0.2, 0.25) is 0 Å². The molecule has 1 N–H and O–H groups in total. The van der Waals surface area contributed by atoms with Gasteiger partial charge in [-0.15, -0.1) is 0 Å². The lowest BCUT2D eigenvalue weighted by atomic mass is 9.87. The van der Waals surface area contributed by atoms with Gasteiger partial charge < -0.3 is 4.72 Å². The van der Waals surface area contributed by atoms with Crippen molar-refractivity contribution in [3.63, 3.8) is 0 Å². The fourth-order valence-electron chi connectivity index (χ4n) is 2.63. The summed E-state index contributed by atoms with van der Waals surface area (Å²) in [6, 6.07) is 4.06. The second-order valence-corrected chi connectivity index (χ2v) is 5.88. The van der Waals surface area contributed by atoms with Crippen LogP contribution in [0, 0.1) is 0 Å². The normalized spacial score (nSPS) is 18.5. The Balaban J connectivity index is 2.25. The van der Waals surface area contributed by atoms with Gasteiger partial charge in [-0.05, 0) is 31.4 Å². The van der Waals surface area contributed by atoms with Gasteiger partial charge >= 0.3 is 6.18 Å². The Kier molecular flexibility index (Phi) is 3.36. The number of hydrogen-bond acceptors (Lipinski definition) is 3. The van der Waals surface area contributed by atoms with E-state index in [0.717, 1.165) is 18.1 Å². The van der Waals surface area contributed by atoms with Crippen LogP contribution in [0.25, 0.3) is 5.57 Å². The number of rotatable bonds is 0. The van der Waals surface area contributed by atoms with E-state index in [2.05, 4.69) is 4.72 Å². The molecule has 0 unspecified atom stereocenters. The maximum Gasteiger partial charge on any atom is 0.418 e. The Labute approximate surface area is 124 Å². The summed E-state index contributed by atoms with van der Waals surface area (Å²) in [7, 11) is 0. The second kappa shape index (κ2) is 4.94. The molecule has 0 amide bonds. The summed E-state index contributed by atoms with van der Waals surface area (Å²) in [6.07, 6.45) is -1.33. The molecule has 0 saturated carbocycles. The third kappa shape index (κ3) is 2.48. The molecule has 2 nitrogen and oxygen atoms in total. The molecule has 21 heavy (non-hydrogen) atoms. The zero-order valence-electron chi connectivity index (χ0n) is 11.2. The molecule has 1 aromatic rings. The Morgan fingerprint density at radius 2 is 2.00 bits per heavy atom. The zero-order chi connectivity index (χ0) is 15.2. The van der Waals surface area contributed by atoms with Crippen molar-refractivity contribution in [1.82, 2.24) is 0 Å². The minimum Gasteiger partial charge on any atom is -0.322 e. The molecule has 0 atom stereocenters. The average molecular weight is 311 g/mol. The molecule has 0 aromatic heterocycles. The third-order valence-corrected chi connectivity index (χ3v) is 4.36. The van der Waals surface area contributed by atoms with Crippen LogP contribution in [0.15, 0.2) is 35.4 Å². The SMILES string of the molecule is CC1=CC2=C(CC1)c1cccc(C(F)(F)F)c1NSC2=O. The van der Waals surface area contributed by atoms with Crippen LogP contribution in [0.5, 0.6) is 0 Å². The summed E-state index contributed by atoms with van der Waals surface area (Å²) in [5, 5.41) is -0.242. The van der Waals surface area contributed by atoms with Crippen molar-refractivity contribution < 1.29 is 18.0 Å². The van der Waals surface area contributed by atoms with Crippen LogP contribution in [0.4, 0.5) is 18.9 Å². The molecule has 0 fully saturated rings. The quantitative estimate of drug-likeness (QED) is 0.698. The smallest absolute Gasteiger partial charge is 0.322 e. The fraction of sp³-hybridized carbons (Fsp3) is 0.267. The van der Waals surface area contributed by atoms with Crippen molar-refractivity contribution >= 4 is 28.3 Å². The number of fused-ring (bicyclic) bond motifs is 2. The van der Waals surface area contributed by atoms with Gasteiger partial charge in [-0.3, -0.25) is 4.79 Å². The highest BCUT2D eigenvalue weighted by molar-refractivity contribution is 8.15. The summed E-state index contributed by atoms with van der Waals surface area (Å²) >= 11 is 0.708. The van der Waals surface area contributed by atoms with Crippen molar-refractivity contribution in [2.45, 2.75) is 25.9 Å². The van der Waals surface area contributed by atoms with Crippen molar-refractivity contribution in [3.05, 3.63) is 46.5 Å². The number of alkyl halides is 3. The standard InChI is InChI=1S/C15H12F3NOS/c1-8-5-6-9-10-3-2-4-12(15(16,17)18)13(10)19-21-14(20)11(9)7-8/h2-4,7,19H,5-6H2,1H3. The highest BCUT2D eigenvalue weighted by Crippen LogP contribution is 2.45. The predicted molar refractivity (Wildman–Crippen MR) is 77.6 cm³/mol. The molecule has 1 aliphatic carbocycles. The summed E-state index contributed by atoms with van der Waals surface area (Å²) in [5.41, 5.74) is 2.00. The molecule has 1 heterocycles. The van der Waals surface area contributed by atoms with Gasteiger partial charge in [0, 0.05) is 23.1 Å². The molecule has 1 aliphatic heterocycles. The van der Waals surface area contributed by atoms with Gasteiger partial charge in [-0.25, -0.2) is 0 Å². The number of carbonyl (C=O) groups excluding carboxylic acids is 1. The van der Waals surface area contributed by atoms with Crippen molar-refractivity contribution in [2.75, 3.05) is 4.72 Å². The van der Waals surface area contributed by atoms with Gasteiger partial charge in [0.1, 0.15) is 0 Å². The van der Waals surface area contributed by atoms with Gasteiger partial charge in [0.2, 0.25) is 5.12 Å². The van der Waals surface area contributed by atoms with Crippen LogP contribution in [-0.4, -0.2) is 5.12 Å². The molecule has 0 radical (unpaired) electrons. The Morgan fingerprint density at radius 3 is 2.71 bits per heavy atom. The first-order valence-electron chi connectivity index (χ1n) is 6.46. The van der Waals surface area contributed by atoms with Gasteiger partial charge in [-0.2, -0.15) is 13.2 Å². The van der Waals surface area contributed by atoms with Crippen LogP contribution in [0.1, 0.15) is 30.9 Å². The van der Waals surface area contributed by atoms with E-state index in [1.165, 1.54) is 6.07 Å². The fourth-order valence-corrected chi connectivity index (χ4v) is 3.33. The lowest BCUT2D eigenvalue weighted by Gasteiger charge is -2.19. The summed E-state index contributed by atoms with van der Waals surface area (Å²) in [5.74, 6) is 0. The van der Waals surface area contributed by atoms with Crippen LogP contribution in [-0.2, 0) is 11.0 Å². The minimum atomic E-state index is -4.45. The first-order valence-corrected chi connectivity index (χ1v) is 7.27. The van der Waals surface area contributed by atoms with E-state index >= 15 is 0 Å². The molecule has 3 rings (SSSR count). The van der Waals surface area contributed by atoms with Gasteiger partial charge in [0.05, 0.1) is 11.3 Å². The number of para-hydroxylation sites is 1. The van der Waals surface area contributed by atoms with E-state index in [1.54, 1.807) is 12.1 Å². The second-order valence-electron chi connectivity index (χ2n) is 5.10. The molecule has 0 bridgehead atoms. The number of hydrogen-bond donors (Lipinski definition) is 1. The van der Waals surface area contributed by atoms with Crippen molar-refractivity contribution in [1.29, 1.82) is 0 Å². The Bertz CT molecular complexity index is 689. The van der Waals surface area contributed by atoms with E-state index in [-0.39, 0.29) is 10.8 Å². The molecular formula is C15H12F3NOS. The third-order valence-electron chi connectivity index (χ3n) is 3.65. The summed E-state index contributed by atoms with van der Waals surface area (Å²) in [6.45, 7) is 1.92. The van der Waals surface area contributed by atoms with E-state index < -0.39 is 11.7 Å².